The highest BCUT2D eigenvalue weighted by Gasteiger charge is 2.32. The summed E-state index contributed by atoms with van der Waals surface area (Å²) in [4.78, 5) is 19.6. The number of rotatable bonds is 4. The summed E-state index contributed by atoms with van der Waals surface area (Å²) < 4.78 is 13.7. The number of phenolic OH excluding ortho intramolecular Hbond substituents is 1. The second-order valence-electron chi connectivity index (χ2n) is 8.94. The molecule has 1 atom stereocenters. The molecule has 37 heavy (non-hydrogen) atoms. The Balaban J connectivity index is 1.61. The zero-order valence-corrected chi connectivity index (χ0v) is 22.6. The van der Waals surface area contributed by atoms with Gasteiger partial charge < -0.3 is 14.6 Å². The molecule has 3 aromatic carbocycles. The monoisotopic (exact) mass is 574 g/mol. The largest absolute Gasteiger partial charge is 0.503 e. The maximum Gasteiger partial charge on any atom is 0.271 e. The van der Waals surface area contributed by atoms with Gasteiger partial charge in [-0.05, 0) is 81.4 Å². The number of methoxy groups -OCH3 is 2. The molecule has 6 rings (SSSR count). The second kappa shape index (κ2) is 9.36. The molecular weight excluding hydrogens is 552 g/mol. The average Bonchev–Trinajstić information content (AvgIpc) is 3.23. The van der Waals surface area contributed by atoms with E-state index in [2.05, 4.69) is 34.1 Å². The number of hydrogen-bond acceptors (Lipinski definition) is 6. The van der Waals surface area contributed by atoms with Crippen LogP contribution in [0.15, 0.2) is 80.5 Å². The number of ether oxygens (including phenoxy) is 2. The van der Waals surface area contributed by atoms with Crippen LogP contribution in [0.2, 0.25) is 0 Å². The van der Waals surface area contributed by atoms with Crippen LogP contribution in [0.1, 0.15) is 34.7 Å². The van der Waals surface area contributed by atoms with Crippen LogP contribution in [0.3, 0.4) is 0 Å². The fraction of sp³-hybridized carbons (Fsp3) is 0.172. The molecule has 0 radical (unpaired) electrons. The molecule has 1 N–H and O–H groups in total. The Morgan fingerprint density at radius 2 is 1.92 bits per heavy atom. The van der Waals surface area contributed by atoms with Gasteiger partial charge in [0.15, 0.2) is 16.3 Å². The number of benzene rings is 3. The molecule has 0 bridgehead atoms. The Bertz CT molecular complexity index is 1770. The van der Waals surface area contributed by atoms with Crippen LogP contribution in [0, 0.1) is 0 Å². The van der Waals surface area contributed by atoms with Crippen molar-refractivity contribution >= 4 is 39.0 Å². The first-order valence-corrected chi connectivity index (χ1v) is 13.4. The SMILES string of the molecule is COc1cccc([C@H]2C3=C(N=c4s/c(=C/c5cc(Br)c(O)c(OC)c5)c(=O)n42)c2ccccc2CC3)c1. The number of aromatic hydroxyl groups is 1. The Labute approximate surface area is 225 Å². The van der Waals surface area contributed by atoms with Crippen molar-refractivity contribution in [3.05, 3.63) is 113 Å². The molecule has 2 aliphatic rings. The lowest BCUT2D eigenvalue weighted by Gasteiger charge is -2.31. The molecule has 0 fully saturated rings. The molecule has 186 valence electrons. The molecule has 0 unspecified atom stereocenters. The molecular formula is C29H23BrN2O4S. The third kappa shape index (κ3) is 4.01. The Hall–Kier alpha value is -3.62. The normalized spacial score (nSPS) is 16.5. The van der Waals surface area contributed by atoms with Crippen molar-refractivity contribution in [2.45, 2.75) is 18.9 Å². The number of hydrogen-bond donors (Lipinski definition) is 1. The Kier molecular flexibility index (Phi) is 6.01. The molecule has 0 spiro atoms. The third-order valence-corrected chi connectivity index (χ3v) is 8.44. The molecule has 4 aromatic rings. The Morgan fingerprint density at radius 1 is 1.08 bits per heavy atom. The van der Waals surface area contributed by atoms with Gasteiger partial charge in [-0.1, -0.05) is 47.7 Å². The predicted octanol–water partition coefficient (Wildman–Crippen LogP) is 4.80. The lowest BCUT2D eigenvalue weighted by Crippen LogP contribution is -2.38. The van der Waals surface area contributed by atoms with Gasteiger partial charge in [0.2, 0.25) is 0 Å². The van der Waals surface area contributed by atoms with Gasteiger partial charge in [0.05, 0.1) is 35.0 Å². The van der Waals surface area contributed by atoms with Crippen molar-refractivity contribution in [1.82, 2.24) is 4.57 Å². The minimum absolute atomic E-state index is 0.0190. The minimum atomic E-state index is -0.280. The van der Waals surface area contributed by atoms with Gasteiger partial charge in [0.1, 0.15) is 5.75 Å². The summed E-state index contributed by atoms with van der Waals surface area (Å²) in [6, 6.07) is 19.5. The van der Waals surface area contributed by atoms with Gasteiger partial charge in [0, 0.05) is 5.56 Å². The summed E-state index contributed by atoms with van der Waals surface area (Å²) in [5.74, 6) is 1.09. The number of nitrogens with zero attached hydrogens (tertiary/aromatic N) is 2. The van der Waals surface area contributed by atoms with E-state index in [1.165, 1.54) is 24.0 Å². The van der Waals surface area contributed by atoms with Crippen LogP contribution in [0.4, 0.5) is 0 Å². The van der Waals surface area contributed by atoms with Gasteiger partial charge in [-0.25, -0.2) is 4.99 Å². The summed E-state index contributed by atoms with van der Waals surface area (Å²) in [6.07, 6.45) is 3.54. The molecule has 0 saturated carbocycles. The first-order valence-electron chi connectivity index (χ1n) is 11.8. The second-order valence-corrected chi connectivity index (χ2v) is 10.8. The zero-order chi connectivity index (χ0) is 25.7. The molecule has 1 aliphatic heterocycles. The third-order valence-electron chi connectivity index (χ3n) is 6.85. The standard InChI is InChI=1S/C29H23BrN2O4S/c1-35-19-8-5-7-18(15-19)26-21-11-10-17-6-3-4-9-20(17)25(21)31-29-32(26)28(34)24(37-29)14-16-12-22(30)27(33)23(13-16)36-2/h3-9,12-15,26,33H,10-11H2,1-2H3/b24-14+/t26-/m0/s1. The first kappa shape index (κ1) is 23.8. The molecule has 1 aliphatic carbocycles. The molecule has 6 nitrogen and oxygen atoms in total. The summed E-state index contributed by atoms with van der Waals surface area (Å²) in [5, 5.41) is 10.2. The van der Waals surface area contributed by atoms with Gasteiger partial charge in [-0.2, -0.15) is 0 Å². The number of phenols is 1. The van der Waals surface area contributed by atoms with Crippen molar-refractivity contribution in [3.8, 4) is 17.2 Å². The fourth-order valence-electron chi connectivity index (χ4n) is 5.12. The lowest BCUT2D eigenvalue weighted by molar-refractivity contribution is 0.372. The average molecular weight is 575 g/mol. The fourth-order valence-corrected chi connectivity index (χ4v) is 6.58. The van der Waals surface area contributed by atoms with Crippen molar-refractivity contribution in [3.63, 3.8) is 0 Å². The van der Waals surface area contributed by atoms with E-state index in [1.54, 1.807) is 19.2 Å². The van der Waals surface area contributed by atoms with E-state index < -0.39 is 0 Å². The van der Waals surface area contributed by atoms with Crippen LogP contribution in [0.25, 0.3) is 11.8 Å². The maximum absolute atomic E-state index is 13.9. The van der Waals surface area contributed by atoms with E-state index in [-0.39, 0.29) is 17.4 Å². The highest BCUT2D eigenvalue weighted by Crippen LogP contribution is 2.41. The first-order chi connectivity index (χ1) is 18.0. The van der Waals surface area contributed by atoms with E-state index in [0.717, 1.165) is 46.6 Å². The van der Waals surface area contributed by atoms with Gasteiger partial charge in [-0.15, -0.1) is 0 Å². The quantitative estimate of drug-likeness (QED) is 0.380. The number of aromatic nitrogens is 1. The van der Waals surface area contributed by atoms with Crippen LogP contribution >= 0.6 is 27.3 Å². The van der Waals surface area contributed by atoms with Crippen LogP contribution in [-0.2, 0) is 6.42 Å². The zero-order valence-electron chi connectivity index (χ0n) is 20.2. The molecule has 0 amide bonds. The molecule has 1 aromatic heterocycles. The maximum atomic E-state index is 13.9. The van der Waals surface area contributed by atoms with Crippen molar-refractivity contribution < 1.29 is 14.6 Å². The topological polar surface area (TPSA) is 73.1 Å². The number of halogens is 1. The number of fused-ring (bicyclic) bond motifs is 3. The van der Waals surface area contributed by atoms with Crippen molar-refractivity contribution in [1.29, 1.82) is 0 Å². The van der Waals surface area contributed by atoms with E-state index in [4.69, 9.17) is 14.5 Å². The van der Waals surface area contributed by atoms with E-state index >= 15 is 0 Å². The minimum Gasteiger partial charge on any atom is -0.503 e. The summed E-state index contributed by atoms with van der Waals surface area (Å²) >= 11 is 4.73. The van der Waals surface area contributed by atoms with Crippen LogP contribution < -0.4 is 24.4 Å². The summed E-state index contributed by atoms with van der Waals surface area (Å²) in [7, 11) is 3.14. The number of aryl methyl sites for hydroxylation is 1. The summed E-state index contributed by atoms with van der Waals surface area (Å²) in [6.45, 7) is 0. The molecule has 0 saturated heterocycles. The Morgan fingerprint density at radius 3 is 2.73 bits per heavy atom. The van der Waals surface area contributed by atoms with Gasteiger partial charge >= 0.3 is 0 Å². The van der Waals surface area contributed by atoms with Gasteiger partial charge in [0.25, 0.3) is 5.56 Å². The number of thiazole rings is 1. The summed E-state index contributed by atoms with van der Waals surface area (Å²) in [5.41, 5.74) is 6.11. The predicted molar refractivity (Wildman–Crippen MR) is 148 cm³/mol. The van der Waals surface area contributed by atoms with Crippen molar-refractivity contribution in [2.75, 3.05) is 14.2 Å². The lowest BCUT2D eigenvalue weighted by atomic mass is 9.83. The van der Waals surface area contributed by atoms with E-state index in [9.17, 15) is 9.90 Å². The highest BCUT2D eigenvalue weighted by atomic mass is 79.9. The number of allylic oxidation sites excluding steroid dienone is 1. The van der Waals surface area contributed by atoms with Crippen LogP contribution in [-0.4, -0.2) is 23.9 Å². The van der Waals surface area contributed by atoms with Gasteiger partial charge in [-0.3, -0.25) is 9.36 Å². The molecule has 2 heterocycles. The smallest absolute Gasteiger partial charge is 0.271 e. The van der Waals surface area contributed by atoms with Crippen LogP contribution in [0.5, 0.6) is 17.2 Å². The van der Waals surface area contributed by atoms with Crippen molar-refractivity contribution in [2.24, 2.45) is 4.99 Å². The highest BCUT2D eigenvalue weighted by molar-refractivity contribution is 9.10. The van der Waals surface area contributed by atoms with E-state index in [0.29, 0.717) is 19.6 Å². The van der Waals surface area contributed by atoms with E-state index in [1.807, 2.05) is 41.0 Å². The molecule has 8 heteroatoms.